The molecule has 10 heteroatoms. The molecule has 3 N–H and O–H groups in total. The van der Waals surface area contributed by atoms with E-state index in [1.165, 1.54) is 19.2 Å². The third-order valence-electron chi connectivity index (χ3n) is 6.71. The topological polar surface area (TPSA) is 121 Å². The van der Waals surface area contributed by atoms with Gasteiger partial charge in [0.05, 0.1) is 30.4 Å². The van der Waals surface area contributed by atoms with Crippen LogP contribution in [0.15, 0.2) is 67.3 Å². The number of anilines is 1. The number of pyridine rings is 3. The lowest BCUT2D eigenvalue weighted by atomic mass is 10.1. The fourth-order valence-electron chi connectivity index (χ4n) is 4.72. The number of carbonyl (C=O) groups excluding carboxylic acids is 1. The van der Waals surface area contributed by atoms with Gasteiger partial charge in [-0.2, -0.15) is 5.10 Å². The highest BCUT2D eigenvalue weighted by Gasteiger charge is 2.17. The fraction of sp³-hybridized carbons (Fsp3) is 0.167. The highest BCUT2D eigenvalue weighted by molar-refractivity contribution is 6.00. The summed E-state index contributed by atoms with van der Waals surface area (Å²) in [5.74, 6) is -0.0173. The largest absolute Gasteiger partial charge is 0.497 e. The summed E-state index contributed by atoms with van der Waals surface area (Å²) in [6, 6.07) is 12.2. The molecule has 5 heterocycles. The maximum absolute atomic E-state index is 14.3. The molecule has 6 aromatic rings. The van der Waals surface area contributed by atoms with Crippen LogP contribution < -0.4 is 10.1 Å². The number of hydrogen-bond acceptors (Lipinski definition) is 6. The van der Waals surface area contributed by atoms with Gasteiger partial charge in [0.1, 0.15) is 17.3 Å². The first-order valence-corrected chi connectivity index (χ1v) is 12.9. The Labute approximate surface area is 228 Å². The predicted octanol–water partition coefficient (Wildman–Crippen LogP) is 6.51. The third kappa shape index (κ3) is 4.86. The first-order chi connectivity index (χ1) is 19.5. The van der Waals surface area contributed by atoms with Crippen LogP contribution in [0.25, 0.3) is 55.7 Å². The zero-order chi connectivity index (χ0) is 27.6. The van der Waals surface area contributed by atoms with Crippen LogP contribution in [0.4, 0.5) is 10.1 Å². The van der Waals surface area contributed by atoms with Crippen molar-refractivity contribution >= 4 is 33.5 Å². The molecule has 0 spiro atoms. The summed E-state index contributed by atoms with van der Waals surface area (Å²) in [6.45, 7) is 2.05. The molecule has 0 atom stereocenters. The Balaban J connectivity index is 1.38. The average Bonchev–Trinajstić information content (AvgIpc) is 3.59. The van der Waals surface area contributed by atoms with Gasteiger partial charge in [0.2, 0.25) is 5.91 Å². The molecule has 40 heavy (non-hydrogen) atoms. The second-order valence-corrected chi connectivity index (χ2v) is 9.49. The Morgan fingerprint density at radius 3 is 2.70 bits per heavy atom. The summed E-state index contributed by atoms with van der Waals surface area (Å²) in [6.07, 6.45) is 9.06. The van der Waals surface area contributed by atoms with Crippen molar-refractivity contribution in [3.63, 3.8) is 0 Å². The lowest BCUT2D eigenvalue weighted by molar-refractivity contribution is -0.116. The molecule has 6 rings (SSSR count). The molecule has 5 aromatic heterocycles. The van der Waals surface area contributed by atoms with E-state index in [-0.39, 0.29) is 5.91 Å². The van der Waals surface area contributed by atoms with E-state index >= 15 is 0 Å². The van der Waals surface area contributed by atoms with Gasteiger partial charge in [-0.3, -0.25) is 19.9 Å². The molecule has 1 amide bonds. The van der Waals surface area contributed by atoms with Crippen molar-refractivity contribution < 1.29 is 13.9 Å². The molecule has 0 aliphatic heterocycles. The Hall–Kier alpha value is -5.12. The highest BCUT2D eigenvalue weighted by Crippen LogP contribution is 2.35. The number of unbranched alkanes of at least 4 members (excludes halogenated alkanes) is 1. The maximum Gasteiger partial charge on any atom is 0.224 e. The van der Waals surface area contributed by atoms with Crippen LogP contribution in [0.2, 0.25) is 0 Å². The van der Waals surface area contributed by atoms with E-state index in [0.29, 0.717) is 40.5 Å². The third-order valence-corrected chi connectivity index (χ3v) is 6.71. The van der Waals surface area contributed by atoms with Crippen molar-refractivity contribution in [1.29, 1.82) is 0 Å². The smallest absolute Gasteiger partial charge is 0.224 e. The summed E-state index contributed by atoms with van der Waals surface area (Å²) < 4.78 is 19.5. The number of benzene rings is 1. The summed E-state index contributed by atoms with van der Waals surface area (Å²) >= 11 is 0. The predicted molar refractivity (Wildman–Crippen MR) is 152 cm³/mol. The lowest BCUT2D eigenvalue weighted by Crippen LogP contribution is -2.11. The first kappa shape index (κ1) is 25.2. The van der Waals surface area contributed by atoms with Crippen molar-refractivity contribution in [2.75, 3.05) is 12.4 Å². The number of H-pyrrole nitrogens is 2. The molecule has 0 aliphatic rings. The van der Waals surface area contributed by atoms with Crippen LogP contribution >= 0.6 is 0 Å². The highest BCUT2D eigenvalue weighted by atomic mass is 19.1. The van der Waals surface area contributed by atoms with Crippen LogP contribution in [-0.2, 0) is 4.79 Å². The van der Waals surface area contributed by atoms with E-state index in [2.05, 4.69) is 42.4 Å². The van der Waals surface area contributed by atoms with E-state index in [9.17, 15) is 9.18 Å². The second-order valence-electron chi connectivity index (χ2n) is 9.49. The molecular weight excluding hydrogens is 509 g/mol. The van der Waals surface area contributed by atoms with Crippen LogP contribution in [0, 0.1) is 5.82 Å². The molecular formula is C30H26FN7O2. The normalized spacial score (nSPS) is 11.3. The fourth-order valence-corrected chi connectivity index (χ4v) is 4.72. The van der Waals surface area contributed by atoms with Crippen molar-refractivity contribution in [3.8, 4) is 39.5 Å². The molecule has 0 unspecified atom stereocenters. The summed E-state index contributed by atoms with van der Waals surface area (Å²) in [5, 5.41) is 12.1. The molecule has 9 nitrogen and oxygen atoms in total. The minimum absolute atomic E-state index is 0.0316. The number of aromatic nitrogens is 6. The molecule has 0 bridgehead atoms. The zero-order valence-electron chi connectivity index (χ0n) is 22.0. The van der Waals surface area contributed by atoms with Crippen LogP contribution in [0.5, 0.6) is 5.75 Å². The zero-order valence-corrected chi connectivity index (χ0v) is 22.0. The molecule has 0 fully saturated rings. The van der Waals surface area contributed by atoms with Crippen LogP contribution in [0.3, 0.4) is 0 Å². The Morgan fingerprint density at radius 1 is 0.975 bits per heavy atom. The number of aromatic amines is 2. The number of methoxy groups -OCH3 is 1. The molecule has 0 saturated heterocycles. The quantitative estimate of drug-likeness (QED) is 0.204. The molecule has 200 valence electrons. The number of hydrogen-bond donors (Lipinski definition) is 3. The molecule has 0 radical (unpaired) electrons. The van der Waals surface area contributed by atoms with Gasteiger partial charge < -0.3 is 15.0 Å². The van der Waals surface area contributed by atoms with Gasteiger partial charge in [-0.15, -0.1) is 0 Å². The summed E-state index contributed by atoms with van der Waals surface area (Å²) in [4.78, 5) is 29.0. The van der Waals surface area contributed by atoms with Crippen LogP contribution in [-0.4, -0.2) is 43.2 Å². The van der Waals surface area contributed by atoms with Crippen molar-refractivity contribution in [3.05, 3.63) is 73.1 Å². The SMILES string of the molecule is CCCCC(=O)Nc1cncc(-c2cnc3[nH]nc(-c4cc5c(-c6cc(F)cc(OC)c6)nccc5[nH]4)c3c2)c1. The van der Waals surface area contributed by atoms with E-state index in [0.717, 1.165) is 46.0 Å². The van der Waals surface area contributed by atoms with Gasteiger partial charge in [-0.25, -0.2) is 9.37 Å². The number of rotatable bonds is 8. The van der Waals surface area contributed by atoms with Gasteiger partial charge in [0.25, 0.3) is 0 Å². The van der Waals surface area contributed by atoms with E-state index in [1.807, 2.05) is 24.3 Å². The average molecular weight is 536 g/mol. The Bertz CT molecular complexity index is 1860. The Morgan fingerprint density at radius 2 is 1.85 bits per heavy atom. The first-order valence-electron chi connectivity index (χ1n) is 12.9. The van der Waals surface area contributed by atoms with E-state index in [4.69, 9.17) is 4.74 Å². The number of fused-ring (bicyclic) bond motifs is 2. The van der Waals surface area contributed by atoms with Crippen molar-refractivity contribution in [2.24, 2.45) is 0 Å². The minimum atomic E-state index is -0.403. The van der Waals surface area contributed by atoms with Crippen molar-refractivity contribution in [2.45, 2.75) is 26.2 Å². The van der Waals surface area contributed by atoms with E-state index in [1.54, 1.807) is 30.9 Å². The van der Waals surface area contributed by atoms with Crippen LogP contribution in [0.1, 0.15) is 26.2 Å². The number of ether oxygens (including phenoxy) is 1. The number of amides is 1. The van der Waals surface area contributed by atoms with Gasteiger partial charge >= 0.3 is 0 Å². The number of halogens is 1. The number of nitrogens with zero attached hydrogens (tertiary/aromatic N) is 4. The summed E-state index contributed by atoms with van der Waals surface area (Å²) in [7, 11) is 1.50. The lowest BCUT2D eigenvalue weighted by Gasteiger charge is -2.07. The monoisotopic (exact) mass is 535 g/mol. The maximum atomic E-state index is 14.3. The second kappa shape index (κ2) is 10.6. The number of carbonyl (C=O) groups is 1. The van der Waals surface area contributed by atoms with Crippen molar-refractivity contribution in [1.82, 2.24) is 30.1 Å². The van der Waals surface area contributed by atoms with Gasteiger partial charge in [0.15, 0.2) is 5.65 Å². The van der Waals surface area contributed by atoms with E-state index < -0.39 is 5.82 Å². The standard InChI is InChI=1S/C30H26FN7O2/c1-3-4-5-27(39)35-21-9-18(14-32-16-21)19-11-24-29(37-38-30(24)34-15-19)26-13-23-25(36-26)6-7-33-28(23)17-8-20(31)12-22(10-17)40-2/h6-16,36H,3-5H2,1-2H3,(H,35,39)(H,34,37,38). The molecule has 0 aliphatic carbocycles. The summed E-state index contributed by atoms with van der Waals surface area (Å²) in [5.41, 5.74) is 6.42. The number of nitrogens with one attached hydrogen (secondary N) is 3. The van der Waals surface area contributed by atoms with Gasteiger partial charge in [0, 0.05) is 64.1 Å². The molecule has 1 aromatic carbocycles. The molecule has 0 saturated carbocycles. The van der Waals surface area contributed by atoms with Gasteiger partial charge in [-0.05, 0) is 42.8 Å². The van der Waals surface area contributed by atoms with Gasteiger partial charge in [-0.1, -0.05) is 13.3 Å². The minimum Gasteiger partial charge on any atom is -0.497 e. The Kier molecular flexibility index (Phi) is 6.65.